The maximum atomic E-state index is 12.0. The fourth-order valence-electron chi connectivity index (χ4n) is 2.28. The number of hydrogen-bond acceptors (Lipinski definition) is 4. The second-order valence-electron chi connectivity index (χ2n) is 6.27. The second kappa shape index (κ2) is 10.8. The Morgan fingerprint density at radius 1 is 1.00 bits per heavy atom. The smallest absolute Gasteiger partial charge is 0.306 e. The lowest BCUT2D eigenvalue weighted by atomic mass is 10.2. The first-order chi connectivity index (χ1) is 13.0. The highest BCUT2D eigenvalue weighted by Gasteiger charge is 2.09. The summed E-state index contributed by atoms with van der Waals surface area (Å²) in [5.74, 6) is 0.105. The van der Waals surface area contributed by atoms with Gasteiger partial charge < -0.3 is 14.8 Å². The van der Waals surface area contributed by atoms with Crippen molar-refractivity contribution in [3.63, 3.8) is 0 Å². The Morgan fingerprint density at radius 2 is 1.70 bits per heavy atom. The molecule has 0 spiro atoms. The molecular weight excluding hydrogens is 342 g/mol. The van der Waals surface area contributed by atoms with Crippen LogP contribution in [-0.2, 0) is 20.7 Å². The Bertz CT molecular complexity index is 754. The Kier molecular flexibility index (Phi) is 8.10. The molecule has 2 aromatic carbocycles. The molecule has 0 heterocycles. The highest BCUT2D eigenvalue weighted by molar-refractivity contribution is 5.92. The van der Waals surface area contributed by atoms with Crippen LogP contribution in [0.2, 0.25) is 0 Å². The van der Waals surface area contributed by atoms with Gasteiger partial charge >= 0.3 is 5.97 Å². The fourth-order valence-corrected chi connectivity index (χ4v) is 2.28. The average Bonchev–Trinajstić information content (AvgIpc) is 2.66. The predicted molar refractivity (Wildman–Crippen MR) is 106 cm³/mol. The van der Waals surface area contributed by atoms with Crippen LogP contribution < -0.4 is 10.1 Å². The van der Waals surface area contributed by atoms with Crippen molar-refractivity contribution in [1.29, 1.82) is 0 Å². The van der Waals surface area contributed by atoms with Gasteiger partial charge in [-0.3, -0.25) is 9.59 Å². The van der Waals surface area contributed by atoms with Gasteiger partial charge in [-0.05, 0) is 42.3 Å². The molecule has 2 rings (SSSR count). The molecule has 0 bridgehead atoms. The van der Waals surface area contributed by atoms with Crippen LogP contribution in [0.15, 0.2) is 66.7 Å². The van der Waals surface area contributed by atoms with Gasteiger partial charge in [0.05, 0.1) is 13.0 Å². The summed E-state index contributed by atoms with van der Waals surface area (Å²) in [4.78, 5) is 23.7. The van der Waals surface area contributed by atoms with Crippen LogP contribution in [0.3, 0.4) is 0 Å². The summed E-state index contributed by atoms with van der Waals surface area (Å²) in [5, 5.41) is 2.75. The zero-order valence-electron chi connectivity index (χ0n) is 15.6. The largest absolute Gasteiger partial charge is 0.489 e. The molecule has 1 amide bonds. The topological polar surface area (TPSA) is 64.6 Å². The number of carbonyl (C=O) groups is 2. The third kappa shape index (κ3) is 8.23. The molecule has 5 nitrogen and oxygen atoms in total. The van der Waals surface area contributed by atoms with Crippen LogP contribution in [0.5, 0.6) is 5.75 Å². The van der Waals surface area contributed by atoms with Crippen molar-refractivity contribution in [2.45, 2.75) is 26.2 Å². The lowest BCUT2D eigenvalue weighted by Gasteiger charge is -2.08. The van der Waals surface area contributed by atoms with Gasteiger partial charge in [-0.25, -0.2) is 0 Å². The molecule has 0 aliphatic carbocycles. The standard InChI is InChI=1S/C22H25NO4/c1-17(2)16-27-20-10-8-19(9-11-20)23-21(24)12-13-22(25)26-15-14-18-6-4-3-5-7-18/h3-11H,1,12-16H2,2H3,(H,23,24). The van der Waals surface area contributed by atoms with Crippen molar-refractivity contribution in [2.24, 2.45) is 0 Å². The number of carbonyl (C=O) groups excluding carboxylic acids is 2. The van der Waals surface area contributed by atoms with Crippen molar-refractivity contribution >= 4 is 17.6 Å². The Morgan fingerprint density at radius 3 is 2.37 bits per heavy atom. The van der Waals surface area contributed by atoms with Crippen molar-refractivity contribution in [1.82, 2.24) is 0 Å². The normalized spacial score (nSPS) is 10.1. The average molecular weight is 367 g/mol. The third-order valence-corrected chi connectivity index (χ3v) is 3.68. The molecule has 0 atom stereocenters. The monoisotopic (exact) mass is 367 g/mol. The van der Waals surface area contributed by atoms with Gasteiger partial charge in [-0.2, -0.15) is 0 Å². The van der Waals surface area contributed by atoms with Gasteiger partial charge in [0.25, 0.3) is 0 Å². The van der Waals surface area contributed by atoms with Gasteiger partial charge in [-0.1, -0.05) is 36.9 Å². The van der Waals surface area contributed by atoms with Crippen LogP contribution in [0.1, 0.15) is 25.3 Å². The molecule has 0 saturated carbocycles. The van der Waals surface area contributed by atoms with E-state index in [4.69, 9.17) is 9.47 Å². The van der Waals surface area contributed by atoms with E-state index in [1.54, 1.807) is 24.3 Å². The fraction of sp³-hybridized carbons (Fsp3) is 0.273. The molecule has 0 unspecified atom stereocenters. The van der Waals surface area contributed by atoms with Crippen molar-refractivity contribution < 1.29 is 19.1 Å². The zero-order chi connectivity index (χ0) is 19.5. The van der Waals surface area contributed by atoms with Crippen LogP contribution in [0.4, 0.5) is 5.69 Å². The number of nitrogens with one attached hydrogen (secondary N) is 1. The van der Waals surface area contributed by atoms with Gasteiger partial charge in [0, 0.05) is 18.5 Å². The van der Waals surface area contributed by atoms with Gasteiger partial charge in [-0.15, -0.1) is 0 Å². The number of amides is 1. The second-order valence-corrected chi connectivity index (χ2v) is 6.27. The summed E-state index contributed by atoms with van der Waals surface area (Å²) in [6.07, 6.45) is 0.803. The molecule has 2 aromatic rings. The maximum Gasteiger partial charge on any atom is 0.306 e. The van der Waals surface area contributed by atoms with Crippen LogP contribution in [0.25, 0.3) is 0 Å². The molecule has 0 radical (unpaired) electrons. The Hall–Kier alpha value is -3.08. The van der Waals surface area contributed by atoms with E-state index >= 15 is 0 Å². The lowest BCUT2D eigenvalue weighted by molar-refractivity contribution is -0.144. The van der Waals surface area contributed by atoms with E-state index in [0.717, 1.165) is 11.1 Å². The molecule has 0 aliphatic heterocycles. The molecular formula is C22H25NO4. The predicted octanol–water partition coefficient (Wildman–Crippen LogP) is 4.15. The SMILES string of the molecule is C=C(C)COc1ccc(NC(=O)CCC(=O)OCCc2ccccc2)cc1. The van der Waals surface area contributed by atoms with Gasteiger partial charge in [0.2, 0.25) is 5.91 Å². The Balaban J connectivity index is 1.64. The van der Waals surface area contributed by atoms with Crippen LogP contribution >= 0.6 is 0 Å². The summed E-state index contributed by atoms with van der Waals surface area (Å²) in [6, 6.07) is 16.9. The van der Waals surface area contributed by atoms with Crippen molar-refractivity contribution in [3.8, 4) is 5.75 Å². The van der Waals surface area contributed by atoms with E-state index in [-0.39, 0.29) is 24.7 Å². The Labute approximate surface area is 160 Å². The van der Waals surface area contributed by atoms with Gasteiger partial charge in [0.1, 0.15) is 12.4 Å². The number of ether oxygens (including phenoxy) is 2. The molecule has 27 heavy (non-hydrogen) atoms. The van der Waals surface area contributed by atoms with E-state index in [1.807, 2.05) is 37.3 Å². The summed E-state index contributed by atoms with van der Waals surface area (Å²) >= 11 is 0. The molecule has 1 N–H and O–H groups in total. The molecule has 5 heteroatoms. The molecule has 0 aliphatic rings. The summed E-state index contributed by atoms with van der Waals surface area (Å²) in [5.41, 5.74) is 2.70. The van der Waals surface area contributed by atoms with Crippen molar-refractivity contribution in [3.05, 3.63) is 72.3 Å². The number of benzene rings is 2. The van der Waals surface area contributed by atoms with Crippen molar-refractivity contribution in [2.75, 3.05) is 18.5 Å². The molecule has 0 saturated heterocycles. The van der Waals surface area contributed by atoms with E-state index in [0.29, 0.717) is 31.1 Å². The minimum Gasteiger partial charge on any atom is -0.489 e. The number of hydrogen-bond donors (Lipinski definition) is 1. The van der Waals surface area contributed by atoms with Gasteiger partial charge in [0.15, 0.2) is 0 Å². The summed E-state index contributed by atoms with van der Waals surface area (Å²) in [7, 11) is 0. The number of esters is 1. The van der Waals surface area contributed by atoms with E-state index in [2.05, 4.69) is 11.9 Å². The molecule has 142 valence electrons. The summed E-state index contributed by atoms with van der Waals surface area (Å²) < 4.78 is 10.7. The minimum atomic E-state index is -0.371. The number of rotatable bonds is 10. The zero-order valence-corrected chi connectivity index (χ0v) is 15.6. The van der Waals surface area contributed by atoms with Crippen LogP contribution in [0, 0.1) is 0 Å². The number of anilines is 1. The molecule has 0 aromatic heterocycles. The quantitative estimate of drug-likeness (QED) is 0.506. The molecule has 0 fully saturated rings. The summed E-state index contributed by atoms with van der Waals surface area (Å²) in [6.45, 7) is 6.44. The first kappa shape index (κ1) is 20.2. The first-order valence-corrected chi connectivity index (χ1v) is 8.89. The lowest BCUT2D eigenvalue weighted by Crippen LogP contribution is -2.15. The highest BCUT2D eigenvalue weighted by Crippen LogP contribution is 2.16. The van der Waals surface area contributed by atoms with Crippen LogP contribution in [-0.4, -0.2) is 25.1 Å². The third-order valence-electron chi connectivity index (χ3n) is 3.68. The van der Waals surface area contributed by atoms with E-state index in [9.17, 15) is 9.59 Å². The minimum absolute atomic E-state index is 0.0560. The highest BCUT2D eigenvalue weighted by atomic mass is 16.5. The van der Waals surface area contributed by atoms with E-state index < -0.39 is 0 Å². The maximum absolute atomic E-state index is 12.0. The van der Waals surface area contributed by atoms with E-state index in [1.165, 1.54) is 0 Å². The first-order valence-electron chi connectivity index (χ1n) is 8.89.